The number of amides is 1. The molecule has 0 radical (unpaired) electrons. The van der Waals surface area contributed by atoms with Crippen LogP contribution < -0.4 is 0 Å². The Morgan fingerprint density at radius 3 is 2.95 bits per heavy atom. The number of hydrogen-bond acceptors (Lipinski definition) is 1. The molecule has 2 aliphatic rings. The molecular weight excluding hydrogens is 291 g/mol. The average Bonchev–Trinajstić information content (AvgIpc) is 3.14. The van der Waals surface area contributed by atoms with Gasteiger partial charge in [-0.3, -0.25) is 4.79 Å². The molecule has 1 aromatic carbocycles. The van der Waals surface area contributed by atoms with Crippen LogP contribution in [0, 0.1) is 5.92 Å². The Balaban J connectivity index is 1.74. The lowest BCUT2D eigenvalue weighted by molar-refractivity contribution is -0.132. The highest BCUT2D eigenvalue weighted by molar-refractivity contribution is 7.68. The van der Waals surface area contributed by atoms with E-state index in [1.54, 1.807) is 0 Å². The highest BCUT2D eigenvalue weighted by atomic mass is 31.1. The molecule has 3 heterocycles. The Morgan fingerprint density at radius 2 is 2.18 bits per heavy atom. The molecular formula is C18H21N2OP. The van der Waals surface area contributed by atoms with Crippen LogP contribution in [0.1, 0.15) is 25.0 Å². The molecule has 2 unspecified atom stereocenters. The number of aromatic amines is 1. The van der Waals surface area contributed by atoms with Crippen LogP contribution in [0.2, 0.25) is 0 Å². The van der Waals surface area contributed by atoms with Crippen LogP contribution in [0.15, 0.2) is 30.5 Å². The first kappa shape index (κ1) is 14.0. The molecule has 1 aromatic heterocycles. The number of fused-ring (bicyclic) bond motifs is 2. The zero-order valence-corrected chi connectivity index (χ0v) is 14.0. The molecule has 0 saturated heterocycles. The van der Waals surface area contributed by atoms with Crippen LogP contribution in [-0.4, -0.2) is 35.0 Å². The molecule has 0 saturated carbocycles. The molecule has 1 amide bonds. The molecule has 2 aromatic rings. The Labute approximate surface area is 132 Å². The smallest absolute Gasteiger partial charge is 0.229 e. The van der Waals surface area contributed by atoms with Gasteiger partial charge in [-0.2, -0.15) is 0 Å². The molecule has 3 nitrogen and oxygen atoms in total. The van der Waals surface area contributed by atoms with Crippen molar-refractivity contribution in [3.63, 3.8) is 0 Å². The summed E-state index contributed by atoms with van der Waals surface area (Å²) in [6.45, 7) is 5.74. The predicted molar refractivity (Wildman–Crippen MR) is 93.2 cm³/mol. The number of nitrogens with zero attached hydrogens (tertiary/aromatic N) is 1. The summed E-state index contributed by atoms with van der Waals surface area (Å²) in [4.78, 5) is 18.0. The number of benzene rings is 1. The normalized spacial score (nSPS) is 22.5. The van der Waals surface area contributed by atoms with Crippen molar-refractivity contribution in [3.8, 4) is 0 Å². The molecule has 2 atom stereocenters. The summed E-state index contributed by atoms with van der Waals surface area (Å²) in [7, 11) is -0.219. The number of carbonyl (C=O) groups is 1. The Morgan fingerprint density at radius 1 is 1.36 bits per heavy atom. The summed E-state index contributed by atoms with van der Waals surface area (Å²) in [6, 6.07) is 6.49. The van der Waals surface area contributed by atoms with Crippen molar-refractivity contribution in [1.29, 1.82) is 0 Å². The number of H-pyrrole nitrogens is 1. The van der Waals surface area contributed by atoms with Gasteiger partial charge in [0.05, 0.1) is 5.92 Å². The Hall–Kier alpha value is -1.60. The lowest BCUT2D eigenvalue weighted by Crippen LogP contribution is -2.35. The molecule has 0 aliphatic carbocycles. The molecule has 114 valence electrons. The fourth-order valence-electron chi connectivity index (χ4n) is 3.81. The first-order valence-corrected chi connectivity index (χ1v) is 9.79. The van der Waals surface area contributed by atoms with Crippen molar-refractivity contribution in [2.24, 2.45) is 5.92 Å². The van der Waals surface area contributed by atoms with E-state index in [0.717, 1.165) is 25.4 Å². The van der Waals surface area contributed by atoms with E-state index >= 15 is 0 Å². The minimum Gasteiger partial charge on any atom is -0.361 e. The molecule has 22 heavy (non-hydrogen) atoms. The standard InChI is InChI=1S/C18H21N2OP/c1-3-20(4-2)18(21)12-8-16-14-6-5-7-15-17(14)13(9-19-15)11-22(16)10-12/h5-9,12,19H,3-4,10-11H2,1-2H3. The van der Waals surface area contributed by atoms with Gasteiger partial charge < -0.3 is 9.88 Å². The largest absolute Gasteiger partial charge is 0.361 e. The summed E-state index contributed by atoms with van der Waals surface area (Å²) in [6.07, 6.45) is 6.59. The van der Waals surface area contributed by atoms with Gasteiger partial charge in [0.15, 0.2) is 0 Å². The zero-order valence-electron chi connectivity index (χ0n) is 13.1. The summed E-state index contributed by atoms with van der Waals surface area (Å²) in [5.74, 6) is 0.400. The second kappa shape index (κ2) is 5.24. The fraction of sp³-hybridized carbons (Fsp3) is 0.389. The molecule has 0 spiro atoms. The van der Waals surface area contributed by atoms with E-state index in [4.69, 9.17) is 0 Å². The van der Waals surface area contributed by atoms with E-state index < -0.39 is 0 Å². The summed E-state index contributed by atoms with van der Waals surface area (Å²) in [5.41, 5.74) is 4.02. The SMILES string of the molecule is CCN(CC)C(=O)C1C=C2c3cccc4[nH]cc(c34)CP2C1. The van der Waals surface area contributed by atoms with Gasteiger partial charge in [-0.05, 0) is 48.7 Å². The Bertz CT molecular complexity index is 772. The van der Waals surface area contributed by atoms with Crippen LogP contribution in [0.25, 0.3) is 16.2 Å². The van der Waals surface area contributed by atoms with E-state index in [-0.39, 0.29) is 13.8 Å². The summed E-state index contributed by atoms with van der Waals surface area (Å²) >= 11 is 0. The number of aromatic nitrogens is 1. The van der Waals surface area contributed by atoms with Crippen LogP contribution in [0.5, 0.6) is 0 Å². The van der Waals surface area contributed by atoms with E-state index in [1.165, 1.54) is 27.3 Å². The van der Waals surface area contributed by atoms with Crippen LogP contribution in [0.4, 0.5) is 0 Å². The minimum atomic E-state index is -0.219. The van der Waals surface area contributed by atoms with Gasteiger partial charge in [0, 0.05) is 30.2 Å². The van der Waals surface area contributed by atoms with Crippen molar-refractivity contribution in [2.45, 2.75) is 20.0 Å². The van der Waals surface area contributed by atoms with Gasteiger partial charge in [0.2, 0.25) is 5.91 Å². The monoisotopic (exact) mass is 312 g/mol. The molecule has 1 N–H and O–H groups in total. The van der Waals surface area contributed by atoms with Crippen LogP contribution >= 0.6 is 7.92 Å². The predicted octanol–water partition coefficient (Wildman–Crippen LogP) is 4.00. The van der Waals surface area contributed by atoms with E-state index in [2.05, 4.69) is 49.3 Å². The summed E-state index contributed by atoms with van der Waals surface area (Å²) < 4.78 is 0. The summed E-state index contributed by atoms with van der Waals surface area (Å²) in [5, 5.41) is 2.83. The number of rotatable bonds is 3. The number of nitrogens with one attached hydrogen (secondary N) is 1. The van der Waals surface area contributed by atoms with Crippen molar-refractivity contribution >= 4 is 30.0 Å². The maximum Gasteiger partial charge on any atom is 0.229 e. The van der Waals surface area contributed by atoms with Gasteiger partial charge >= 0.3 is 0 Å². The van der Waals surface area contributed by atoms with Crippen molar-refractivity contribution in [2.75, 3.05) is 19.3 Å². The van der Waals surface area contributed by atoms with E-state index in [9.17, 15) is 4.79 Å². The average molecular weight is 312 g/mol. The minimum absolute atomic E-state index is 0.0873. The van der Waals surface area contributed by atoms with E-state index in [1.807, 2.05) is 4.90 Å². The van der Waals surface area contributed by atoms with Gasteiger partial charge in [-0.1, -0.05) is 26.1 Å². The molecule has 4 rings (SSSR count). The van der Waals surface area contributed by atoms with Gasteiger partial charge in [-0.25, -0.2) is 0 Å². The number of carbonyl (C=O) groups excluding carboxylic acids is 1. The van der Waals surface area contributed by atoms with Crippen LogP contribution in [0.3, 0.4) is 0 Å². The second-order valence-corrected chi connectivity index (χ2v) is 8.33. The second-order valence-electron chi connectivity index (χ2n) is 6.09. The quantitative estimate of drug-likeness (QED) is 0.854. The van der Waals surface area contributed by atoms with Crippen molar-refractivity contribution in [1.82, 2.24) is 9.88 Å². The zero-order chi connectivity index (χ0) is 15.3. The first-order valence-electron chi connectivity index (χ1n) is 8.07. The lowest BCUT2D eigenvalue weighted by Gasteiger charge is -2.24. The molecule has 0 bridgehead atoms. The maximum absolute atomic E-state index is 12.7. The first-order chi connectivity index (χ1) is 10.7. The Kier molecular flexibility index (Phi) is 3.34. The van der Waals surface area contributed by atoms with Crippen molar-refractivity contribution in [3.05, 3.63) is 41.6 Å². The number of hydrogen-bond donors (Lipinski definition) is 1. The maximum atomic E-state index is 12.7. The van der Waals surface area contributed by atoms with Gasteiger partial charge in [0.1, 0.15) is 0 Å². The fourth-order valence-corrected chi connectivity index (χ4v) is 6.62. The molecule has 0 fully saturated rings. The topological polar surface area (TPSA) is 36.1 Å². The molecule has 2 aliphatic heterocycles. The third-order valence-electron chi connectivity index (χ3n) is 4.93. The van der Waals surface area contributed by atoms with Crippen molar-refractivity contribution < 1.29 is 4.79 Å². The van der Waals surface area contributed by atoms with E-state index in [0.29, 0.717) is 5.91 Å². The van der Waals surface area contributed by atoms with Gasteiger partial charge in [0.25, 0.3) is 0 Å². The lowest BCUT2D eigenvalue weighted by atomic mass is 10.0. The third-order valence-corrected chi connectivity index (χ3v) is 7.56. The van der Waals surface area contributed by atoms with Crippen LogP contribution in [-0.2, 0) is 11.0 Å². The van der Waals surface area contributed by atoms with Gasteiger partial charge in [-0.15, -0.1) is 0 Å². The third kappa shape index (κ3) is 1.95. The molecule has 4 heteroatoms. The highest BCUT2D eigenvalue weighted by Gasteiger charge is 2.36. The highest BCUT2D eigenvalue weighted by Crippen LogP contribution is 2.63.